The second-order valence-electron chi connectivity index (χ2n) is 13.0. The molecule has 244 valence electrons. The van der Waals surface area contributed by atoms with Crippen LogP contribution in [0.4, 0.5) is 10.2 Å². The molecule has 0 aliphatic carbocycles. The smallest absolute Gasteiger partial charge is 0.326 e. The van der Waals surface area contributed by atoms with Gasteiger partial charge < -0.3 is 19.4 Å². The Kier molecular flexibility index (Phi) is 8.46. The molecular formula is C35H39FN8O3. The van der Waals surface area contributed by atoms with Crippen molar-refractivity contribution in [1.82, 2.24) is 34.4 Å². The number of anilines is 1. The number of hydrogen-bond donors (Lipinski definition) is 1. The fourth-order valence-electron chi connectivity index (χ4n) is 7.13. The summed E-state index contributed by atoms with van der Waals surface area (Å²) in [4.78, 5) is 37.9. The number of likely N-dealkylation sites (tertiary alicyclic amines) is 1. The monoisotopic (exact) mass is 638 g/mol. The first kappa shape index (κ1) is 30.9. The molecule has 0 bridgehead atoms. The van der Waals surface area contributed by atoms with Gasteiger partial charge in [0.25, 0.3) is 0 Å². The molecule has 3 aromatic heterocycles. The van der Waals surface area contributed by atoms with Crippen molar-refractivity contribution in [2.45, 2.75) is 45.7 Å². The SMILES string of the molecule is COCCn1c(=O)[nH]c2cc(CN3CCC4(CCN(c5ncncc5Oc5ccc(F)cc5-c5cncnc5C(C)C)C4)C3)ccc21. The number of halogens is 1. The largest absolute Gasteiger partial charge is 0.451 e. The number of aromatic nitrogens is 6. The fourth-order valence-corrected chi connectivity index (χ4v) is 7.13. The van der Waals surface area contributed by atoms with Crippen LogP contribution in [-0.4, -0.2) is 74.3 Å². The minimum Gasteiger partial charge on any atom is -0.451 e. The molecule has 2 fully saturated rings. The number of nitrogens with zero attached hydrogens (tertiary/aromatic N) is 7. The van der Waals surface area contributed by atoms with Gasteiger partial charge in [0, 0.05) is 56.0 Å². The van der Waals surface area contributed by atoms with Crippen LogP contribution in [0.5, 0.6) is 11.5 Å². The predicted octanol–water partition coefficient (Wildman–Crippen LogP) is 5.38. The van der Waals surface area contributed by atoms with Gasteiger partial charge in [-0.2, -0.15) is 0 Å². The van der Waals surface area contributed by atoms with E-state index in [1.54, 1.807) is 36.5 Å². The van der Waals surface area contributed by atoms with Crippen molar-refractivity contribution in [1.29, 1.82) is 0 Å². The van der Waals surface area contributed by atoms with E-state index in [0.717, 1.165) is 73.7 Å². The van der Waals surface area contributed by atoms with E-state index in [0.29, 0.717) is 30.2 Å². The van der Waals surface area contributed by atoms with Crippen molar-refractivity contribution in [2.75, 3.05) is 44.8 Å². The zero-order chi connectivity index (χ0) is 32.5. The van der Waals surface area contributed by atoms with E-state index in [4.69, 9.17) is 9.47 Å². The molecule has 2 saturated heterocycles. The van der Waals surface area contributed by atoms with E-state index in [9.17, 15) is 9.18 Å². The number of H-pyrrole nitrogens is 1. The zero-order valence-electron chi connectivity index (χ0n) is 26.9. The first-order valence-electron chi connectivity index (χ1n) is 16.1. The van der Waals surface area contributed by atoms with Crippen molar-refractivity contribution in [2.24, 2.45) is 5.41 Å². The summed E-state index contributed by atoms with van der Waals surface area (Å²) in [5.74, 6) is 1.50. The van der Waals surface area contributed by atoms with Gasteiger partial charge in [-0.3, -0.25) is 9.47 Å². The van der Waals surface area contributed by atoms with Crippen LogP contribution in [0.25, 0.3) is 22.2 Å². The Morgan fingerprint density at radius 1 is 0.979 bits per heavy atom. The summed E-state index contributed by atoms with van der Waals surface area (Å²) in [6.07, 6.45) is 8.57. The third kappa shape index (κ3) is 6.22. The van der Waals surface area contributed by atoms with E-state index in [1.165, 1.54) is 24.0 Å². The number of nitrogens with one attached hydrogen (secondary N) is 1. The Bertz CT molecular complexity index is 1960. The maximum atomic E-state index is 14.5. The number of rotatable bonds is 10. The van der Waals surface area contributed by atoms with Crippen LogP contribution in [0.3, 0.4) is 0 Å². The average molecular weight is 639 g/mol. The number of hydrogen-bond acceptors (Lipinski definition) is 9. The van der Waals surface area contributed by atoms with Crippen molar-refractivity contribution in [3.63, 3.8) is 0 Å². The fraction of sp³-hybridized carbons (Fsp3) is 0.400. The topological polar surface area (TPSA) is 114 Å². The van der Waals surface area contributed by atoms with E-state index in [-0.39, 0.29) is 22.8 Å². The molecule has 12 heteroatoms. The molecule has 1 unspecified atom stereocenters. The van der Waals surface area contributed by atoms with Crippen LogP contribution in [0.2, 0.25) is 0 Å². The number of benzene rings is 2. The maximum Gasteiger partial charge on any atom is 0.326 e. The summed E-state index contributed by atoms with van der Waals surface area (Å²) >= 11 is 0. The van der Waals surface area contributed by atoms with Crippen molar-refractivity contribution >= 4 is 16.9 Å². The Labute approximate surface area is 272 Å². The van der Waals surface area contributed by atoms with Crippen LogP contribution < -0.4 is 15.3 Å². The highest BCUT2D eigenvalue weighted by molar-refractivity contribution is 5.76. The summed E-state index contributed by atoms with van der Waals surface area (Å²) in [6, 6.07) is 10.7. The van der Waals surface area contributed by atoms with Crippen molar-refractivity contribution in [3.8, 4) is 22.6 Å². The van der Waals surface area contributed by atoms with Crippen LogP contribution in [0.15, 0.2) is 66.2 Å². The predicted molar refractivity (Wildman–Crippen MR) is 177 cm³/mol. The summed E-state index contributed by atoms with van der Waals surface area (Å²) in [6.45, 7) is 9.60. The van der Waals surface area contributed by atoms with Crippen LogP contribution >= 0.6 is 0 Å². The molecule has 5 aromatic rings. The van der Waals surface area contributed by atoms with Crippen molar-refractivity contribution in [3.05, 3.63) is 89.0 Å². The highest BCUT2D eigenvalue weighted by atomic mass is 19.1. The minimum atomic E-state index is -0.364. The molecule has 47 heavy (non-hydrogen) atoms. The molecule has 5 heterocycles. The lowest BCUT2D eigenvalue weighted by atomic mass is 9.86. The first-order valence-corrected chi connectivity index (χ1v) is 16.1. The molecular weight excluding hydrogens is 599 g/mol. The molecule has 1 spiro atoms. The third-order valence-electron chi connectivity index (χ3n) is 9.42. The number of imidazole rings is 1. The summed E-state index contributed by atoms with van der Waals surface area (Å²) in [7, 11) is 1.64. The van der Waals surface area contributed by atoms with Gasteiger partial charge in [-0.15, -0.1) is 0 Å². The van der Waals surface area contributed by atoms with Gasteiger partial charge in [0.2, 0.25) is 0 Å². The molecule has 2 aliphatic rings. The lowest BCUT2D eigenvalue weighted by Crippen LogP contribution is -2.31. The van der Waals surface area contributed by atoms with E-state index >= 15 is 0 Å². The van der Waals surface area contributed by atoms with Gasteiger partial charge in [-0.25, -0.2) is 29.1 Å². The maximum absolute atomic E-state index is 14.5. The quantitative estimate of drug-likeness (QED) is 0.215. The Balaban J connectivity index is 1.07. The highest BCUT2D eigenvalue weighted by Crippen LogP contribution is 2.44. The first-order chi connectivity index (χ1) is 22.8. The van der Waals surface area contributed by atoms with Gasteiger partial charge >= 0.3 is 5.69 Å². The standard InChI is InChI=1S/C35H39FN8O3/c1-23(2)32-27(16-37-21-39-32)26-15-25(36)5-7-30(26)47-31-17-38-22-40-33(31)43-11-9-35(20-43)8-10-42(19-35)18-24-4-6-29-28(14-24)41-34(45)44(29)12-13-46-3/h4-7,14-17,21-23H,8-13,18-20H2,1-3H3,(H,41,45). The third-order valence-corrected chi connectivity index (χ3v) is 9.42. The van der Waals surface area contributed by atoms with E-state index in [1.807, 2.05) is 19.9 Å². The summed E-state index contributed by atoms with van der Waals surface area (Å²) in [5.41, 5.74) is 5.09. The zero-order valence-corrected chi connectivity index (χ0v) is 26.9. The number of ether oxygens (including phenoxy) is 2. The summed E-state index contributed by atoms with van der Waals surface area (Å²) < 4.78 is 27.9. The minimum absolute atomic E-state index is 0.113. The Hall–Kier alpha value is -4.68. The molecule has 7 rings (SSSR count). The van der Waals surface area contributed by atoms with Gasteiger partial charge in [0.1, 0.15) is 24.2 Å². The normalized spacial score (nSPS) is 18.3. The average Bonchev–Trinajstić information content (AvgIpc) is 3.76. The van der Waals surface area contributed by atoms with Crippen LogP contribution in [-0.2, 0) is 17.8 Å². The van der Waals surface area contributed by atoms with Gasteiger partial charge in [-0.05, 0) is 61.2 Å². The molecule has 11 nitrogen and oxygen atoms in total. The highest BCUT2D eigenvalue weighted by Gasteiger charge is 2.44. The van der Waals surface area contributed by atoms with E-state index in [2.05, 4.69) is 46.9 Å². The van der Waals surface area contributed by atoms with Gasteiger partial charge in [0.15, 0.2) is 11.6 Å². The number of methoxy groups -OCH3 is 1. The Morgan fingerprint density at radius 2 is 1.81 bits per heavy atom. The Morgan fingerprint density at radius 3 is 2.66 bits per heavy atom. The lowest BCUT2D eigenvalue weighted by molar-refractivity contribution is 0.187. The second kappa shape index (κ2) is 12.8. The van der Waals surface area contributed by atoms with E-state index < -0.39 is 0 Å². The van der Waals surface area contributed by atoms with Crippen molar-refractivity contribution < 1.29 is 13.9 Å². The second-order valence-corrected chi connectivity index (χ2v) is 13.0. The van der Waals surface area contributed by atoms with Crippen LogP contribution in [0, 0.1) is 11.2 Å². The molecule has 1 atom stereocenters. The van der Waals surface area contributed by atoms with Gasteiger partial charge in [-0.1, -0.05) is 19.9 Å². The summed E-state index contributed by atoms with van der Waals surface area (Å²) in [5, 5.41) is 0. The molecule has 0 radical (unpaired) electrons. The molecule has 2 aliphatic heterocycles. The number of fused-ring (bicyclic) bond motifs is 1. The molecule has 0 saturated carbocycles. The molecule has 1 N–H and O–H groups in total. The van der Waals surface area contributed by atoms with Gasteiger partial charge in [0.05, 0.1) is 36.1 Å². The molecule has 2 aromatic carbocycles. The number of aromatic amines is 1. The lowest BCUT2D eigenvalue weighted by Gasteiger charge is -2.26. The van der Waals surface area contributed by atoms with Crippen LogP contribution in [0.1, 0.15) is 43.9 Å². The molecule has 0 amide bonds.